The van der Waals surface area contributed by atoms with Gasteiger partial charge in [0.1, 0.15) is 5.40 Å². The number of thiocyanates is 1. The minimum absolute atomic E-state index is 0.581. The zero-order chi connectivity index (χ0) is 9.68. The van der Waals surface area contributed by atoms with Crippen LogP contribution in [0.5, 0.6) is 0 Å². The Bertz CT molecular complexity index is 295. The lowest BCUT2D eigenvalue weighted by molar-refractivity contribution is 0.866. The molecule has 0 saturated heterocycles. The van der Waals surface area contributed by atoms with Crippen molar-refractivity contribution in [1.82, 2.24) is 0 Å². The SMILES string of the molecule is CC(C)c1ccc(CSC#N)cc1. The molecule has 0 saturated carbocycles. The first-order valence-corrected chi connectivity index (χ1v) is 5.32. The first-order valence-electron chi connectivity index (χ1n) is 4.33. The first-order chi connectivity index (χ1) is 6.24. The highest BCUT2D eigenvalue weighted by Gasteiger charge is 1.98. The van der Waals surface area contributed by atoms with Gasteiger partial charge < -0.3 is 0 Å². The third-order valence-corrected chi connectivity index (χ3v) is 2.56. The van der Waals surface area contributed by atoms with Gasteiger partial charge >= 0.3 is 0 Å². The van der Waals surface area contributed by atoms with Crippen LogP contribution in [0.3, 0.4) is 0 Å². The minimum atomic E-state index is 0.581. The Labute approximate surface area is 83.8 Å². The molecule has 0 aliphatic carbocycles. The van der Waals surface area contributed by atoms with E-state index in [0.717, 1.165) is 5.75 Å². The van der Waals surface area contributed by atoms with Gasteiger partial charge in [-0.15, -0.1) is 0 Å². The first kappa shape index (κ1) is 10.1. The monoisotopic (exact) mass is 191 g/mol. The second kappa shape index (κ2) is 4.94. The molecule has 1 rings (SSSR count). The van der Waals surface area contributed by atoms with E-state index in [-0.39, 0.29) is 0 Å². The average molecular weight is 191 g/mol. The summed E-state index contributed by atoms with van der Waals surface area (Å²) in [5.41, 5.74) is 2.57. The van der Waals surface area contributed by atoms with E-state index in [1.807, 2.05) is 0 Å². The predicted molar refractivity (Wildman–Crippen MR) is 57.4 cm³/mol. The molecule has 0 N–H and O–H groups in total. The number of thioether (sulfide) groups is 1. The van der Waals surface area contributed by atoms with Gasteiger partial charge in [-0.25, -0.2) is 0 Å². The Balaban J connectivity index is 2.65. The maximum absolute atomic E-state index is 8.38. The van der Waals surface area contributed by atoms with Crippen molar-refractivity contribution < 1.29 is 0 Å². The number of nitriles is 1. The van der Waals surface area contributed by atoms with Crippen molar-refractivity contribution in [2.45, 2.75) is 25.5 Å². The van der Waals surface area contributed by atoms with Crippen LogP contribution in [0.2, 0.25) is 0 Å². The van der Waals surface area contributed by atoms with E-state index < -0.39 is 0 Å². The van der Waals surface area contributed by atoms with Gasteiger partial charge in [0.25, 0.3) is 0 Å². The van der Waals surface area contributed by atoms with E-state index in [9.17, 15) is 0 Å². The molecule has 0 amide bonds. The molecule has 1 aromatic rings. The second-order valence-electron chi connectivity index (χ2n) is 3.28. The van der Waals surface area contributed by atoms with Crippen molar-refractivity contribution in [3.05, 3.63) is 35.4 Å². The fourth-order valence-electron chi connectivity index (χ4n) is 1.11. The van der Waals surface area contributed by atoms with Gasteiger partial charge in [-0.05, 0) is 28.8 Å². The van der Waals surface area contributed by atoms with E-state index in [1.165, 1.54) is 22.9 Å². The summed E-state index contributed by atoms with van der Waals surface area (Å²) < 4.78 is 0. The van der Waals surface area contributed by atoms with Gasteiger partial charge in [-0.2, -0.15) is 5.26 Å². The van der Waals surface area contributed by atoms with Crippen LogP contribution < -0.4 is 0 Å². The predicted octanol–water partition coefficient (Wildman–Crippen LogP) is 3.52. The standard InChI is InChI=1S/C11H13NS/c1-9(2)11-5-3-10(4-6-11)7-13-8-12/h3-6,9H,7H2,1-2H3. The Morgan fingerprint density at radius 2 is 1.92 bits per heavy atom. The van der Waals surface area contributed by atoms with E-state index in [1.54, 1.807) is 0 Å². The van der Waals surface area contributed by atoms with E-state index in [4.69, 9.17) is 5.26 Å². The molecule has 0 spiro atoms. The largest absolute Gasteiger partial charge is 0.185 e. The van der Waals surface area contributed by atoms with Crippen LogP contribution in [0.4, 0.5) is 0 Å². The quantitative estimate of drug-likeness (QED) is 0.682. The molecule has 0 radical (unpaired) electrons. The molecule has 0 aliphatic heterocycles. The van der Waals surface area contributed by atoms with Crippen LogP contribution in [-0.2, 0) is 5.75 Å². The number of hydrogen-bond acceptors (Lipinski definition) is 2. The Kier molecular flexibility index (Phi) is 3.85. The molecule has 0 atom stereocenters. The van der Waals surface area contributed by atoms with Gasteiger partial charge in [-0.1, -0.05) is 38.1 Å². The lowest BCUT2D eigenvalue weighted by Crippen LogP contribution is -1.87. The van der Waals surface area contributed by atoms with Crippen molar-refractivity contribution in [1.29, 1.82) is 5.26 Å². The van der Waals surface area contributed by atoms with Gasteiger partial charge in [0.15, 0.2) is 0 Å². The van der Waals surface area contributed by atoms with Crippen molar-refractivity contribution in [3.8, 4) is 5.40 Å². The molecule has 0 aromatic heterocycles. The van der Waals surface area contributed by atoms with Gasteiger partial charge in [-0.3, -0.25) is 0 Å². The topological polar surface area (TPSA) is 23.8 Å². The smallest absolute Gasteiger partial charge is 0.133 e. The van der Waals surface area contributed by atoms with Crippen molar-refractivity contribution in [3.63, 3.8) is 0 Å². The third-order valence-electron chi connectivity index (χ3n) is 1.95. The summed E-state index contributed by atoms with van der Waals surface area (Å²) in [6.07, 6.45) is 0. The summed E-state index contributed by atoms with van der Waals surface area (Å²) in [7, 11) is 0. The van der Waals surface area contributed by atoms with Gasteiger partial charge in [0.05, 0.1) is 0 Å². The Hall–Kier alpha value is -0.940. The minimum Gasteiger partial charge on any atom is -0.185 e. The summed E-state index contributed by atoms with van der Waals surface area (Å²) in [4.78, 5) is 0. The Morgan fingerprint density at radius 1 is 1.31 bits per heavy atom. The van der Waals surface area contributed by atoms with Crippen LogP contribution in [0.25, 0.3) is 0 Å². The van der Waals surface area contributed by atoms with E-state index in [0.29, 0.717) is 5.92 Å². The summed E-state index contributed by atoms with van der Waals surface area (Å²) in [6.45, 7) is 4.36. The number of benzene rings is 1. The maximum atomic E-state index is 8.38. The summed E-state index contributed by atoms with van der Waals surface area (Å²) in [5, 5.41) is 10.5. The van der Waals surface area contributed by atoms with Crippen molar-refractivity contribution >= 4 is 11.8 Å². The second-order valence-corrected chi connectivity index (χ2v) is 4.04. The molecule has 0 bridgehead atoms. The van der Waals surface area contributed by atoms with Crippen molar-refractivity contribution in [2.24, 2.45) is 0 Å². The summed E-state index contributed by atoms with van der Waals surface area (Å²) in [5.74, 6) is 1.37. The molecule has 1 aromatic carbocycles. The van der Waals surface area contributed by atoms with Gasteiger partial charge in [0.2, 0.25) is 0 Å². The van der Waals surface area contributed by atoms with Crippen LogP contribution >= 0.6 is 11.8 Å². The summed E-state index contributed by atoms with van der Waals surface area (Å²) >= 11 is 1.28. The zero-order valence-corrected chi connectivity index (χ0v) is 8.77. The lowest BCUT2D eigenvalue weighted by atomic mass is 10.0. The highest BCUT2D eigenvalue weighted by molar-refractivity contribution is 8.02. The van der Waals surface area contributed by atoms with Crippen LogP contribution in [0, 0.1) is 10.7 Å². The Morgan fingerprint density at radius 3 is 2.38 bits per heavy atom. The average Bonchev–Trinajstić information content (AvgIpc) is 2.15. The molecule has 0 aliphatic rings. The highest BCUT2D eigenvalue weighted by Crippen LogP contribution is 2.17. The van der Waals surface area contributed by atoms with Crippen LogP contribution in [0.1, 0.15) is 30.9 Å². The highest BCUT2D eigenvalue weighted by atomic mass is 32.2. The zero-order valence-electron chi connectivity index (χ0n) is 7.95. The van der Waals surface area contributed by atoms with E-state index in [2.05, 4.69) is 43.5 Å². The molecule has 2 heteroatoms. The summed E-state index contributed by atoms with van der Waals surface area (Å²) in [6, 6.07) is 8.47. The van der Waals surface area contributed by atoms with Crippen LogP contribution in [0.15, 0.2) is 24.3 Å². The molecular formula is C11H13NS. The molecule has 0 fully saturated rings. The van der Waals surface area contributed by atoms with Gasteiger partial charge in [0, 0.05) is 5.75 Å². The molecule has 13 heavy (non-hydrogen) atoms. The van der Waals surface area contributed by atoms with E-state index >= 15 is 0 Å². The van der Waals surface area contributed by atoms with Crippen LogP contribution in [-0.4, -0.2) is 0 Å². The number of hydrogen-bond donors (Lipinski definition) is 0. The molecule has 0 heterocycles. The fourth-order valence-corrected chi connectivity index (χ4v) is 1.54. The fraction of sp³-hybridized carbons (Fsp3) is 0.364. The number of nitrogens with zero attached hydrogens (tertiary/aromatic N) is 1. The lowest BCUT2D eigenvalue weighted by Gasteiger charge is -2.05. The third kappa shape index (κ3) is 3.12. The normalized spacial score (nSPS) is 10.0. The molecule has 68 valence electrons. The maximum Gasteiger partial charge on any atom is 0.133 e. The van der Waals surface area contributed by atoms with Crippen molar-refractivity contribution in [2.75, 3.05) is 0 Å². The molecule has 0 unspecified atom stereocenters. The molecule has 1 nitrogen and oxygen atoms in total. The number of rotatable bonds is 3. The molecular weight excluding hydrogens is 178 g/mol.